The van der Waals surface area contributed by atoms with E-state index in [-0.39, 0.29) is 11.5 Å². The number of ether oxygens (including phenoxy) is 2. The summed E-state index contributed by atoms with van der Waals surface area (Å²) in [6.45, 7) is 1.71. The van der Waals surface area contributed by atoms with Crippen LogP contribution in [0.5, 0.6) is 11.5 Å². The van der Waals surface area contributed by atoms with Gasteiger partial charge in [-0.3, -0.25) is 4.99 Å². The number of hydrogen-bond acceptors (Lipinski definition) is 3. The Morgan fingerprint density at radius 2 is 1.57 bits per heavy atom. The van der Waals surface area contributed by atoms with Crippen LogP contribution in [-0.2, 0) is 13.1 Å². The molecule has 8 heteroatoms. The molecule has 28 heavy (non-hydrogen) atoms. The Kier molecular flexibility index (Phi) is 7.54. The molecular formula is C20H24F3N3O2. The fourth-order valence-electron chi connectivity index (χ4n) is 2.40. The van der Waals surface area contributed by atoms with Crippen LogP contribution < -0.4 is 20.1 Å². The van der Waals surface area contributed by atoms with Crippen LogP contribution in [0.1, 0.15) is 16.7 Å². The Morgan fingerprint density at radius 3 is 2.14 bits per heavy atom. The second kappa shape index (κ2) is 9.87. The van der Waals surface area contributed by atoms with E-state index in [1.807, 2.05) is 31.2 Å². The lowest BCUT2D eigenvalue weighted by atomic mass is 10.1. The quantitative estimate of drug-likeness (QED) is 0.553. The molecule has 0 saturated carbocycles. The van der Waals surface area contributed by atoms with Crippen molar-refractivity contribution in [1.82, 2.24) is 10.6 Å². The van der Waals surface area contributed by atoms with Crippen LogP contribution in [0.15, 0.2) is 47.5 Å². The number of nitrogens with one attached hydrogen (secondary N) is 2. The van der Waals surface area contributed by atoms with E-state index in [0.29, 0.717) is 19.0 Å². The highest BCUT2D eigenvalue weighted by atomic mass is 19.4. The molecule has 2 aromatic carbocycles. The SMILES string of the molecule is CN=C(NCc1ccc(C)cc1)NCc1ccc(OCC(F)(F)F)c(OC)c1. The molecule has 0 saturated heterocycles. The van der Waals surface area contributed by atoms with Crippen LogP contribution >= 0.6 is 0 Å². The van der Waals surface area contributed by atoms with Crippen molar-refractivity contribution in [2.24, 2.45) is 4.99 Å². The average molecular weight is 395 g/mol. The van der Waals surface area contributed by atoms with Crippen LogP contribution in [0.4, 0.5) is 13.2 Å². The molecule has 0 aliphatic rings. The van der Waals surface area contributed by atoms with Crippen LogP contribution in [0.25, 0.3) is 0 Å². The van der Waals surface area contributed by atoms with Crippen LogP contribution in [0.2, 0.25) is 0 Å². The number of benzene rings is 2. The number of methoxy groups -OCH3 is 1. The highest BCUT2D eigenvalue weighted by Gasteiger charge is 2.29. The third kappa shape index (κ3) is 7.02. The first kappa shape index (κ1) is 21.4. The number of nitrogens with zero attached hydrogens (tertiary/aromatic N) is 1. The van der Waals surface area contributed by atoms with Gasteiger partial charge in [-0.2, -0.15) is 13.2 Å². The summed E-state index contributed by atoms with van der Waals surface area (Å²) in [6.07, 6.45) is -4.40. The van der Waals surface area contributed by atoms with E-state index < -0.39 is 12.8 Å². The molecule has 0 radical (unpaired) electrons. The van der Waals surface area contributed by atoms with Gasteiger partial charge in [-0.05, 0) is 30.2 Å². The summed E-state index contributed by atoms with van der Waals surface area (Å²) < 4.78 is 46.9. The molecule has 0 bridgehead atoms. The molecule has 0 amide bonds. The first-order chi connectivity index (χ1) is 13.3. The number of hydrogen-bond donors (Lipinski definition) is 2. The number of guanidine groups is 1. The van der Waals surface area contributed by atoms with Gasteiger partial charge in [0.2, 0.25) is 0 Å². The van der Waals surface area contributed by atoms with Crippen molar-refractivity contribution in [3.05, 3.63) is 59.2 Å². The third-order valence-corrected chi connectivity index (χ3v) is 3.88. The van der Waals surface area contributed by atoms with E-state index in [1.54, 1.807) is 19.2 Å². The molecule has 0 aromatic heterocycles. The van der Waals surface area contributed by atoms with Crippen molar-refractivity contribution in [3.63, 3.8) is 0 Å². The number of aryl methyl sites for hydroxylation is 1. The van der Waals surface area contributed by atoms with E-state index in [9.17, 15) is 13.2 Å². The summed E-state index contributed by atoms with van der Waals surface area (Å²) in [5, 5.41) is 6.37. The van der Waals surface area contributed by atoms with Gasteiger partial charge in [0.05, 0.1) is 7.11 Å². The second-order valence-corrected chi connectivity index (χ2v) is 6.15. The van der Waals surface area contributed by atoms with Crippen molar-refractivity contribution in [1.29, 1.82) is 0 Å². The Labute approximate surface area is 162 Å². The molecule has 0 atom stereocenters. The van der Waals surface area contributed by atoms with E-state index in [2.05, 4.69) is 15.6 Å². The lowest BCUT2D eigenvalue weighted by Crippen LogP contribution is -2.36. The molecule has 0 fully saturated rings. The van der Waals surface area contributed by atoms with Crippen molar-refractivity contribution in [2.45, 2.75) is 26.2 Å². The van der Waals surface area contributed by atoms with E-state index >= 15 is 0 Å². The monoisotopic (exact) mass is 395 g/mol. The summed E-state index contributed by atoms with van der Waals surface area (Å²) in [4.78, 5) is 4.17. The molecule has 2 aromatic rings. The maximum atomic E-state index is 12.3. The molecule has 0 spiro atoms. The van der Waals surface area contributed by atoms with Crippen molar-refractivity contribution in [3.8, 4) is 11.5 Å². The number of rotatable bonds is 7. The fourth-order valence-corrected chi connectivity index (χ4v) is 2.40. The van der Waals surface area contributed by atoms with Gasteiger partial charge in [0.25, 0.3) is 0 Å². The zero-order chi connectivity index (χ0) is 20.6. The topological polar surface area (TPSA) is 54.9 Å². The molecule has 0 unspecified atom stereocenters. The van der Waals surface area contributed by atoms with Crippen LogP contribution in [0, 0.1) is 6.92 Å². The Morgan fingerprint density at radius 1 is 0.964 bits per heavy atom. The minimum atomic E-state index is -4.40. The molecule has 0 aliphatic carbocycles. The molecule has 152 valence electrons. The second-order valence-electron chi connectivity index (χ2n) is 6.15. The third-order valence-electron chi connectivity index (χ3n) is 3.88. The first-order valence-electron chi connectivity index (χ1n) is 8.67. The average Bonchev–Trinajstić information content (AvgIpc) is 2.67. The van der Waals surface area contributed by atoms with Crippen LogP contribution in [-0.4, -0.2) is 32.9 Å². The molecule has 0 heterocycles. The fraction of sp³-hybridized carbons (Fsp3) is 0.350. The van der Waals surface area contributed by atoms with Gasteiger partial charge in [-0.25, -0.2) is 0 Å². The van der Waals surface area contributed by atoms with Gasteiger partial charge in [0.1, 0.15) is 0 Å². The zero-order valence-electron chi connectivity index (χ0n) is 16.1. The smallest absolute Gasteiger partial charge is 0.422 e. The van der Waals surface area contributed by atoms with Gasteiger partial charge in [0.15, 0.2) is 24.1 Å². The highest BCUT2D eigenvalue weighted by Crippen LogP contribution is 2.29. The summed E-state index contributed by atoms with van der Waals surface area (Å²) in [5.41, 5.74) is 3.14. The summed E-state index contributed by atoms with van der Waals surface area (Å²) in [7, 11) is 3.05. The summed E-state index contributed by atoms with van der Waals surface area (Å²) in [5.74, 6) is 0.897. The highest BCUT2D eigenvalue weighted by molar-refractivity contribution is 5.79. The van der Waals surface area contributed by atoms with E-state index in [4.69, 9.17) is 9.47 Å². The lowest BCUT2D eigenvalue weighted by Gasteiger charge is -2.15. The molecule has 0 aliphatic heterocycles. The summed E-state index contributed by atoms with van der Waals surface area (Å²) >= 11 is 0. The predicted octanol–water partition coefficient (Wildman–Crippen LogP) is 3.81. The minimum Gasteiger partial charge on any atom is -0.493 e. The Balaban J connectivity index is 1.91. The minimum absolute atomic E-state index is 0.0467. The number of aliphatic imine (C=N–C) groups is 1. The lowest BCUT2D eigenvalue weighted by molar-refractivity contribution is -0.153. The van der Waals surface area contributed by atoms with Crippen molar-refractivity contribution < 1.29 is 22.6 Å². The molecule has 2 N–H and O–H groups in total. The first-order valence-corrected chi connectivity index (χ1v) is 8.67. The standard InChI is InChI=1S/C20H24F3N3O2/c1-14-4-6-15(7-5-14)11-25-19(24-2)26-12-16-8-9-17(18(10-16)27-3)28-13-20(21,22)23/h4-10H,11-13H2,1-3H3,(H2,24,25,26). The Hall–Kier alpha value is -2.90. The normalized spacial score (nSPS) is 11.9. The molecular weight excluding hydrogens is 371 g/mol. The van der Waals surface area contributed by atoms with Crippen molar-refractivity contribution in [2.75, 3.05) is 20.8 Å². The maximum absolute atomic E-state index is 12.3. The molecule has 2 rings (SSSR count). The largest absolute Gasteiger partial charge is 0.493 e. The zero-order valence-corrected chi connectivity index (χ0v) is 16.1. The number of alkyl halides is 3. The Bertz CT molecular complexity index is 790. The number of halogens is 3. The van der Waals surface area contributed by atoms with Gasteiger partial charge in [0, 0.05) is 20.1 Å². The van der Waals surface area contributed by atoms with Gasteiger partial charge < -0.3 is 20.1 Å². The van der Waals surface area contributed by atoms with Crippen LogP contribution in [0.3, 0.4) is 0 Å². The molecule has 5 nitrogen and oxygen atoms in total. The predicted molar refractivity (Wildman–Crippen MR) is 103 cm³/mol. The van der Waals surface area contributed by atoms with Gasteiger partial charge in [-0.1, -0.05) is 35.9 Å². The van der Waals surface area contributed by atoms with Gasteiger partial charge in [-0.15, -0.1) is 0 Å². The maximum Gasteiger partial charge on any atom is 0.422 e. The van der Waals surface area contributed by atoms with Crippen molar-refractivity contribution >= 4 is 5.96 Å². The van der Waals surface area contributed by atoms with Gasteiger partial charge >= 0.3 is 6.18 Å². The van der Waals surface area contributed by atoms with E-state index in [0.717, 1.165) is 11.1 Å². The summed E-state index contributed by atoms with van der Waals surface area (Å²) in [6, 6.07) is 12.9. The van der Waals surface area contributed by atoms with E-state index in [1.165, 1.54) is 18.7 Å².